The first-order chi connectivity index (χ1) is 14.1. The number of carbonyl (C=O) groups is 2. The van der Waals surface area contributed by atoms with Gasteiger partial charge >= 0.3 is 0 Å². The molecule has 2 atom stereocenters. The molecule has 1 fully saturated rings. The van der Waals surface area contributed by atoms with E-state index in [0.717, 1.165) is 31.6 Å². The average Bonchev–Trinajstić information content (AvgIpc) is 2.78. The molecule has 0 saturated carbocycles. The molecule has 154 valence electrons. The van der Waals surface area contributed by atoms with E-state index in [1.807, 2.05) is 30.3 Å². The number of hydrogen-bond donors (Lipinski definition) is 3. The second-order valence-corrected chi connectivity index (χ2v) is 7.31. The zero-order valence-corrected chi connectivity index (χ0v) is 17.2. The topological polar surface area (TPSA) is 73.5 Å². The van der Waals surface area contributed by atoms with Gasteiger partial charge in [-0.15, -0.1) is 0 Å². The molecule has 6 heteroatoms. The Kier molecular flexibility index (Phi) is 7.38. The predicted molar refractivity (Wildman–Crippen MR) is 114 cm³/mol. The second-order valence-electron chi connectivity index (χ2n) is 7.31. The summed E-state index contributed by atoms with van der Waals surface area (Å²) >= 11 is 0. The van der Waals surface area contributed by atoms with E-state index in [9.17, 15) is 9.59 Å². The monoisotopic (exact) mass is 394 g/mol. The lowest BCUT2D eigenvalue weighted by Gasteiger charge is -2.36. The molecule has 29 heavy (non-hydrogen) atoms. The molecule has 2 amide bonds. The molecule has 2 aromatic carbocycles. The third-order valence-electron chi connectivity index (χ3n) is 5.42. The maximum absolute atomic E-state index is 12.8. The maximum atomic E-state index is 12.8. The second kappa shape index (κ2) is 10.2. The van der Waals surface area contributed by atoms with Crippen LogP contribution in [0.25, 0.3) is 0 Å². The van der Waals surface area contributed by atoms with Crippen molar-refractivity contribution in [1.29, 1.82) is 0 Å². The Bertz CT molecular complexity index is 807. The normalized spacial score (nSPS) is 18.1. The minimum atomic E-state index is -0.695. The van der Waals surface area contributed by atoms with Crippen LogP contribution < -0.4 is 16.0 Å². The highest BCUT2D eigenvalue weighted by atomic mass is 16.2. The third-order valence-corrected chi connectivity index (χ3v) is 5.42. The molecule has 0 radical (unpaired) electrons. The molecule has 0 spiro atoms. The average molecular weight is 395 g/mol. The summed E-state index contributed by atoms with van der Waals surface area (Å²) in [6.07, 6.45) is 1.01. The van der Waals surface area contributed by atoms with Crippen LogP contribution in [0.1, 0.15) is 35.7 Å². The van der Waals surface area contributed by atoms with Gasteiger partial charge < -0.3 is 16.0 Å². The molecule has 1 saturated heterocycles. The Morgan fingerprint density at radius 1 is 1.14 bits per heavy atom. The van der Waals surface area contributed by atoms with Crippen molar-refractivity contribution in [3.05, 3.63) is 71.3 Å². The van der Waals surface area contributed by atoms with E-state index in [1.54, 1.807) is 7.05 Å². The van der Waals surface area contributed by atoms with Crippen LogP contribution in [0.3, 0.4) is 0 Å². The van der Waals surface area contributed by atoms with Crippen molar-refractivity contribution in [2.75, 3.05) is 33.2 Å². The first kappa shape index (κ1) is 21.0. The lowest BCUT2D eigenvalue weighted by molar-refractivity contribution is -0.129. The number of hydrogen-bond acceptors (Lipinski definition) is 4. The molecule has 0 aromatic heterocycles. The number of carbonyl (C=O) groups excluding carboxylic acids is 2. The molecule has 3 rings (SSSR count). The molecule has 3 N–H and O–H groups in total. The SMILES string of the molecule is CCc1ccc(C2CNCCN2CC(=O)NC(C(=O)NC)c2ccccc2)cc1. The zero-order valence-electron chi connectivity index (χ0n) is 17.2. The van der Waals surface area contributed by atoms with Gasteiger partial charge in [0, 0.05) is 32.7 Å². The Hall–Kier alpha value is -2.70. The summed E-state index contributed by atoms with van der Waals surface area (Å²) < 4.78 is 0. The summed E-state index contributed by atoms with van der Waals surface area (Å²) in [5.41, 5.74) is 3.28. The number of benzene rings is 2. The van der Waals surface area contributed by atoms with E-state index >= 15 is 0 Å². The minimum Gasteiger partial charge on any atom is -0.357 e. The first-order valence-corrected chi connectivity index (χ1v) is 10.2. The Morgan fingerprint density at radius 3 is 2.52 bits per heavy atom. The van der Waals surface area contributed by atoms with Gasteiger partial charge in [-0.05, 0) is 23.1 Å². The van der Waals surface area contributed by atoms with Gasteiger partial charge in [0.25, 0.3) is 0 Å². The summed E-state index contributed by atoms with van der Waals surface area (Å²) in [6.45, 7) is 4.82. The van der Waals surface area contributed by atoms with Crippen molar-refractivity contribution in [3.63, 3.8) is 0 Å². The number of nitrogens with zero attached hydrogens (tertiary/aromatic N) is 1. The predicted octanol–water partition coefficient (Wildman–Crippen LogP) is 1.80. The van der Waals surface area contributed by atoms with Gasteiger partial charge in [-0.25, -0.2) is 0 Å². The number of piperazine rings is 1. The van der Waals surface area contributed by atoms with Crippen LogP contribution in [-0.4, -0.2) is 49.9 Å². The van der Waals surface area contributed by atoms with Gasteiger partial charge in [-0.1, -0.05) is 61.5 Å². The fraction of sp³-hybridized carbons (Fsp3) is 0.391. The van der Waals surface area contributed by atoms with Crippen molar-refractivity contribution in [3.8, 4) is 0 Å². The highest BCUT2D eigenvalue weighted by molar-refractivity contribution is 5.89. The van der Waals surface area contributed by atoms with Crippen molar-refractivity contribution < 1.29 is 9.59 Å². The Morgan fingerprint density at radius 2 is 1.86 bits per heavy atom. The number of nitrogens with one attached hydrogen (secondary N) is 3. The fourth-order valence-corrected chi connectivity index (χ4v) is 3.72. The van der Waals surface area contributed by atoms with Crippen LogP contribution in [0.5, 0.6) is 0 Å². The lowest BCUT2D eigenvalue weighted by Crippen LogP contribution is -2.50. The smallest absolute Gasteiger partial charge is 0.246 e. The Balaban J connectivity index is 1.70. The van der Waals surface area contributed by atoms with E-state index in [0.29, 0.717) is 0 Å². The highest BCUT2D eigenvalue weighted by Crippen LogP contribution is 2.23. The quantitative estimate of drug-likeness (QED) is 0.670. The molecule has 0 aliphatic carbocycles. The van der Waals surface area contributed by atoms with Crippen LogP contribution in [0, 0.1) is 0 Å². The van der Waals surface area contributed by atoms with Crippen LogP contribution in [-0.2, 0) is 16.0 Å². The molecule has 1 aliphatic rings. The summed E-state index contributed by atoms with van der Waals surface area (Å²) in [5.74, 6) is -0.379. The molecular weight excluding hydrogens is 364 g/mol. The number of aryl methyl sites for hydroxylation is 1. The molecule has 2 unspecified atom stereocenters. The molecule has 1 aliphatic heterocycles. The molecule has 1 heterocycles. The van der Waals surface area contributed by atoms with Crippen LogP contribution >= 0.6 is 0 Å². The largest absolute Gasteiger partial charge is 0.357 e. The summed E-state index contributed by atoms with van der Waals surface area (Å²) in [5, 5.41) is 8.97. The van der Waals surface area contributed by atoms with E-state index in [1.165, 1.54) is 11.1 Å². The van der Waals surface area contributed by atoms with Crippen LogP contribution in [0.15, 0.2) is 54.6 Å². The highest BCUT2D eigenvalue weighted by Gasteiger charge is 2.28. The van der Waals surface area contributed by atoms with Crippen molar-refractivity contribution in [2.24, 2.45) is 0 Å². The fourth-order valence-electron chi connectivity index (χ4n) is 3.72. The molecular formula is C23H30N4O2. The lowest BCUT2D eigenvalue weighted by atomic mass is 10.0. The van der Waals surface area contributed by atoms with Crippen molar-refractivity contribution >= 4 is 11.8 Å². The first-order valence-electron chi connectivity index (χ1n) is 10.2. The van der Waals surface area contributed by atoms with Gasteiger partial charge in [0.15, 0.2) is 0 Å². The summed E-state index contributed by atoms with van der Waals surface area (Å²) in [7, 11) is 1.58. The van der Waals surface area contributed by atoms with E-state index in [4.69, 9.17) is 0 Å². The number of rotatable bonds is 7. The van der Waals surface area contributed by atoms with Gasteiger partial charge in [0.1, 0.15) is 6.04 Å². The minimum absolute atomic E-state index is 0.135. The van der Waals surface area contributed by atoms with Gasteiger partial charge in [-0.2, -0.15) is 0 Å². The van der Waals surface area contributed by atoms with Crippen LogP contribution in [0.4, 0.5) is 0 Å². The maximum Gasteiger partial charge on any atom is 0.246 e. The van der Waals surface area contributed by atoms with Gasteiger partial charge in [0.05, 0.1) is 6.54 Å². The van der Waals surface area contributed by atoms with Crippen molar-refractivity contribution in [1.82, 2.24) is 20.9 Å². The summed E-state index contributed by atoms with van der Waals surface area (Å²) in [6, 6.07) is 17.4. The van der Waals surface area contributed by atoms with E-state index in [2.05, 4.69) is 52.0 Å². The zero-order chi connectivity index (χ0) is 20.6. The summed E-state index contributed by atoms with van der Waals surface area (Å²) in [4.78, 5) is 27.4. The molecule has 6 nitrogen and oxygen atoms in total. The third kappa shape index (κ3) is 5.43. The van der Waals surface area contributed by atoms with Gasteiger partial charge in [0.2, 0.25) is 11.8 Å². The van der Waals surface area contributed by atoms with E-state index in [-0.39, 0.29) is 24.4 Å². The van der Waals surface area contributed by atoms with Crippen molar-refractivity contribution in [2.45, 2.75) is 25.4 Å². The Labute approximate surface area is 172 Å². The van der Waals surface area contributed by atoms with E-state index < -0.39 is 6.04 Å². The molecule has 0 bridgehead atoms. The van der Waals surface area contributed by atoms with Gasteiger partial charge in [-0.3, -0.25) is 14.5 Å². The number of likely N-dealkylation sites (N-methyl/N-ethyl adjacent to an activating group) is 1. The number of amides is 2. The standard InChI is InChI=1S/C23H30N4O2/c1-3-17-9-11-18(12-10-17)20-15-25-13-14-27(20)16-21(28)26-22(23(29)24-2)19-7-5-4-6-8-19/h4-12,20,22,25H,3,13-16H2,1-2H3,(H,24,29)(H,26,28). The molecule has 2 aromatic rings. The van der Waals surface area contributed by atoms with Crippen LogP contribution in [0.2, 0.25) is 0 Å².